The van der Waals surface area contributed by atoms with E-state index >= 15 is 0 Å². The molecule has 0 saturated heterocycles. The molecule has 3 N–H and O–H groups in total. The number of H-pyrrole nitrogens is 1. The van der Waals surface area contributed by atoms with Crippen LogP contribution in [0.1, 0.15) is 30.7 Å². The fourth-order valence-corrected chi connectivity index (χ4v) is 1.27. The highest BCUT2D eigenvalue weighted by Gasteiger charge is 2.18. The van der Waals surface area contributed by atoms with Gasteiger partial charge in [-0.15, -0.1) is 0 Å². The van der Waals surface area contributed by atoms with Crippen molar-refractivity contribution in [3.8, 4) is 0 Å². The first-order chi connectivity index (χ1) is 4.93. The third-order valence-electron chi connectivity index (χ3n) is 2.09. The highest BCUT2D eigenvalue weighted by atomic mass is 14.8. The van der Waals surface area contributed by atoms with Crippen molar-refractivity contribution < 1.29 is 0 Å². The second-order valence-electron chi connectivity index (χ2n) is 3.67. The summed E-state index contributed by atoms with van der Waals surface area (Å²) in [5.74, 6) is 0. The Morgan fingerprint density at radius 2 is 1.91 bits per heavy atom. The zero-order valence-electron chi connectivity index (χ0n) is 7.65. The van der Waals surface area contributed by atoms with E-state index in [9.17, 15) is 0 Å². The smallest absolute Gasteiger partial charge is 0.0370 e. The number of hydrogen-bond donors (Lipinski definition) is 2. The molecule has 0 unspecified atom stereocenters. The molecule has 0 saturated carbocycles. The molecular weight excluding hydrogens is 136 g/mol. The lowest BCUT2D eigenvalue weighted by Gasteiger charge is -2.18. The van der Waals surface area contributed by atoms with Gasteiger partial charge in [0.05, 0.1) is 0 Å². The van der Waals surface area contributed by atoms with Gasteiger partial charge in [-0.3, -0.25) is 0 Å². The van der Waals surface area contributed by atoms with Crippen molar-refractivity contribution in [2.45, 2.75) is 33.2 Å². The van der Waals surface area contributed by atoms with Crippen molar-refractivity contribution in [2.24, 2.45) is 5.73 Å². The van der Waals surface area contributed by atoms with Crippen LogP contribution in [0.15, 0.2) is 6.20 Å². The van der Waals surface area contributed by atoms with Gasteiger partial charge in [-0.25, -0.2) is 0 Å². The van der Waals surface area contributed by atoms with Crippen LogP contribution < -0.4 is 5.73 Å². The van der Waals surface area contributed by atoms with Gasteiger partial charge in [-0.2, -0.15) is 0 Å². The van der Waals surface area contributed by atoms with Gasteiger partial charge in [-0.1, -0.05) is 0 Å². The molecule has 0 spiro atoms. The Bertz CT molecular complexity index is 253. The van der Waals surface area contributed by atoms with Crippen LogP contribution in [0.25, 0.3) is 0 Å². The Labute approximate surface area is 67.8 Å². The van der Waals surface area contributed by atoms with Gasteiger partial charge in [0, 0.05) is 17.4 Å². The molecule has 2 nitrogen and oxygen atoms in total. The standard InChI is InChI=1S/C9H16N2/c1-6-7(2)11-5-8(6)9(3,4)10/h5,11H,10H2,1-4H3. The summed E-state index contributed by atoms with van der Waals surface area (Å²) in [7, 11) is 0. The van der Waals surface area contributed by atoms with Crippen molar-refractivity contribution >= 4 is 0 Å². The van der Waals surface area contributed by atoms with E-state index in [0.29, 0.717) is 0 Å². The molecule has 1 rings (SSSR count). The molecule has 0 amide bonds. The molecule has 0 aromatic carbocycles. The summed E-state index contributed by atoms with van der Waals surface area (Å²) >= 11 is 0. The van der Waals surface area contributed by atoms with Gasteiger partial charge in [0.1, 0.15) is 0 Å². The lowest BCUT2D eigenvalue weighted by Crippen LogP contribution is -2.28. The highest BCUT2D eigenvalue weighted by molar-refractivity contribution is 5.33. The van der Waals surface area contributed by atoms with E-state index in [1.54, 1.807) is 0 Å². The summed E-state index contributed by atoms with van der Waals surface area (Å²) in [6, 6.07) is 0. The second kappa shape index (κ2) is 2.38. The zero-order valence-corrected chi connectivity index (χ0v) is 7.65. The molecule has 0 radical (unpaired) electrons. The van der Waals surface area contributed by atoms with E-state index in [1.165, 1.54) is 16.8 Å². The molecular formula is C9H16N2. The summed E-state index contributed by atoms with van der Waals surface area (Å²) < 4.78 is 0. The van der Waals surface area contributed by atoms with Gasteiger partial charge >= 0.3 is 0 Å². The van der Waals surface area contributed by atoms with Gasteiger partial charge in [0.15, 0.2) is 0 Å². The number of rotatable bonds is 1. The lowest BCUT2D eigenvalue weighted by atomic mass is 9.95. The largest absolute Gasteiger partial charge is 0.365 e. The van der Waals surface area contributed by atoms with Crippen molar-refractivity contribution in [3.05, 3.63) is 23.0 Å². The molecule has 1 heterocycles. The highest BCUT2D eigenvalue weighted by Crippen LogP contribution is 2.22. The molecule has 11 heavy (non-hydrogen) atoms. The van der Waals surface area contributed by atoms with Crippen LogP contribution >= 0.6 is 0 Å². The summed E-state index contributed by atoms with van der Waals surface area (Å²) in [4.78, 5) is 3.16. The third-order valence-corrected chi connectivity index (χ3v) is 2.09. The first kappa shape index (κ1) is 8.34. The maximum atomic E-state index is 5.95. The maximum absolute atomic E-state index is 5.95. The van der Waals surface area contributed by atoms with Crippen LogP contribution in [-0.4, -0.2) is 4.98 Å². The van der Waals surface area contributed by atoms with Gasteiger partial charge in [0.2, 0.25) is 0 Å². The van der Waals surface area contributed by atoms with Crippen molar-refractivity contribution in [1.82, 2.24) is 4.98 Å². The average molecular weight is 152 g/mol. The summed E-state index contributed by atoms with van der Waals surface area (Å²) in [6.45, 7) is 8.19. The number of nitrogens with two attached hydrogens (primary N) is 1. The molecule has 1 aromatic heterocycles. The van der Waals surface area contributed by atoms with Gasteiger partial charge < -0.3 is 10.7 Å². The summed E-state index contributed by atoms with van der Waals surface area (Å²) in [6.07, 6.45) is 1.99. The molecule has 0 fully saturated rings. The summed E-state index contributed by atoms with van der Waals surface area (Å²) in [5.41, 5.74) is 9.41. The zero-order chi connectivity index (χ0) is 8.65. The van der Waals surface area contributed by atoms with E-state index in [2.05, 4.69) is 18.8 Å². The summed E-state index contributed by atoms with van der Waals surface area (Å²) in [5, 5.41) is 0. The molecule has 0 aliphatic carbocycles. The fraction of sp³-hybridized carbons (Fsp3) is 0.556. The van der Waals surface area contributed by atoms with E-state index < -0.39 is 0 Å². The molecule has 0 atom stereocenters. The Morgan fingerprint density at radius 1 is 1.36 bits per heavy atom. The number of aryl methyl sites for hydroxylation is 1. The van der Waals surface area contributed by atoms with E-state index in [1.807, 2.05) is 20.0 Å². The number of aromatic nitrogens is 1. The van der Waals surface area contributed by atoms with Crippen LogP contribution in [0, 0.1) is 13.8 Å². The average Bonchev–Trinajstić information content (AvgIpc) is 2.11. The first-order valence-electron chi connectivity index (χ1n) is 3.87. The topological polar surface area (TPSA) is 41.8 Å². The quantitative estimate of drug-likeness (QED) is 0.633. The Kier molecular flexibility index (Phi) is 1.80. The number of nitrogens with one attached hydrogen (secondary N) is 1. The van der Waals surface area contributed by atoms with Gasteiger partial charge in [0.25, 0.3) is 0 Å². The van der Waals surface area contributed by atoms with Crippen LogP contribution in [-0.2, 0) is 5.54 Å². The van der Waals surface area contributed by atoms with Crippen molar-refractivity contribution in [1.29, 1.82) is 0 Å². The predicted octanol–water partition coefficient (Wildman–Crippen LogP) is 1.83. The fourth-order valence-electron chi connectivity index (χ4n) is 1.27. The minimum Gasteiger partial charge on any atom is -0.365 e. The molecule has 2 heteroatoms. The molecule has 1 aromatic rings. The maximum Gasteiger partial charge on any atom is 0.0370 e. The van der Waals surface area contributed by atoms with Gasteiger partial charge in [-0.05, 0) is 38.8 Å². The van der Waals surface area contributed by atoms with E-state index in [4.69, 9.17) is 5.73 Å². The monoisotopic (exact) mass is 152 g/mol. The minimum absolute atomic E-state index is 0.227. The van der Waals surface area contributed by atoms with Crippen LogP contribution in [0.4, 0.5) is 0 Å². The minimum atomic E-state index is -0.227. The van der Waals surface area contributed by atoms with E-state index in [-0.39, 0.29) is 5.54 Å². The van der Waals surface area contributed by atoms with Crippen molar-refractivity contribution in [3.63, 3.8) is 0 Å². The Balaban J connectivity index is 3.15. The lowest BCUT2D eigenvalue weighted by molar-refractivity contribution is 0.552. The molecule has 0 aliphatic rings. The Morgan fingerprint density at radius 3 is 2.09 bits per heavy atom. The van der Waals surface area contributed by atoms with Crippen LogP contribution in [0.5, 0.6) is 0 Å². The van der Waals surface area contributed by atoms with Crippen LogP contribution in [0.3, 0.4) is 0 Å². The molecule has 62 valence electrons. The second-order valence-corrected chi connectivity index (χ2v) is 3.67. The number of hydrogen-bond acceptors (Lipinski definition) is 1. The number of aromatic amines is 1. The van der Waals surface area contributed by atoms with Crippen molar-refractivity contribution in [2.75, 3.05) is 0 Å². The SMILES string of the molecule is Cc1[nH]cc(C(C)(C)N)c1C. The molecule has 0 aliphatic heterocycles. The molecule has 0 bridgehead atoms. The van der Waals surface area contributed by atoms with Crippen LogP contribution in [0.2, 0.25) is 0 Å². The third kappa shape index (κ3) is 1.46. The normalized spacial score (nSPS) is 12.1. The van der Waals surface area contributed by atoms with E-state index in [0.717, 1.165) is 0 Å². The first-order valence-corrected chi connectivity index (χ1v) is 3.87. The Hall–Kier alpha value is -0.760. The predicted molar refractivity (Wildman–Crippen MR) is 47.5 cm³/mol.